The summed E-state index contributed by atoms with van der Waals surface area (Å²) in [5.74, 6) is 0.724. The van der Waals surface area contributed by atoms with Gasteiger partial charge in [-0.05, 0) is 62.8 Å². The number of hydrogen-bond donors (Lipinski definition) is 2. The van der Waals surface area contributed by atoms with Crippen molar-refractivity contribution in [2.24, 2.45) is 5.92 Å². The van der Waals surface area contributed by atoms with Gasteiger partial charge < -0.3 is 15.5 Å². The van der Waals surface area contributed by atoms with Crippen LogP contribution in [0.2, 0.25) is 0 Å². The molecule has 144 valence electrons. The van der Waals surface area contributed by atoms with Gasteiger partial charge in [0.1, 0.15) is 0 Å². The number of rotatable bonds is 6. The van der Waals surface area contributed by atoms with Gasteiger partial charge in [-0.15, -0.1) is 0 Å². The number of likely N-dealkylation sites (tertiary alicyclic amines) is 1. The summed E-state index contributed by atoms with van der Waals surface area (Å²) in [6.07, 6.45) is 6.64. The van der Waals surface area contributed by atoms with Gasteiger partial charge >= 0.3 is 6.03 Å². The van der Waals surface area contributed by atoms with Gasteiger partial charge in [-0.2, -0.15) is 0 Å². The molecule has 0 aliphatic carbocycles. The van der Waals surface area contributed by atoms with E-state index >= 15 is 0 Å². The fraction of sp³-hybridized carbons (Fsp3) is 0.619. The first-order valence-electron chi connectivity index (χ1n) is 9.92. The molecule has 1 heterocycles. The quantitative estimate of drug-likeness (QED) is 0.777. The van der Waals surface area contributed by atoms with E-state index in [0.29, 0.717) is 17.2 Å². The number of anilines is 1. The molecule has 5 nitrogen and oxygen atoms in total. The Hall–Kier alpha value is -2.04. The van der Waals surface area contributed by atoms with Crippen LogP contribution in [0.4, 0.5) is 10.5 Å². The van der Waals surface area contributed by atoms with E-state index in [0.717, 1.165) is 38.8 Å². The molecule has 0 spiro atoms. The third kappa shape index (κ3) is 6.70. The van der Waals surface area contributed by atoms with Crippen LogP contribution in [0.15, 0.2) is 24.3 Å². The van der Waals surface area contributed by atoms with E-state index in [2.05, 4.69) is 24.5 Å². The van der Waals surface area contributed by atoms with Crippen LogP contribution in [-0.2, 0) is 0 Å². The molecule has 0 radical (unpaired) electrons. The van der Waals surface area contributed by atoms with Crippen LogP contribution in [0.5, 0.6) is 0 Å². The van der Waals surface area contributed by atoms with Gasteiger partial charge in [0.2, 0.25) is 0 Å². The number of amides is 3. The number of carbonyl (C=O) groups is 2. The van der Waals surface area contributed by atoms with Crippen LogP contribution in [0, 0.1) is 5.92 Å². The second-order valence-electron chi connectivity index (χ2n) is 7.75. The maximum absolute atomic E-state index is 12.6. The van der Waals surface area contributed by atoms with E-state index in [1.54, 1.807) is 24.3 Å². The minimum atomic E-state index is -0.201. The van der Waals surface area contributed by atoms with E-state index in [1.807, 2.05) is 11.8 Å². The van der Waals surface area contributed by atoms with Crippen LogP contribution < -0.4 is 10.6 Å². The predicted octanol–water partition coefficient (Wildman–Crippen LogP) is 4.65. The Bertz CT molecular complexity index is 575. The summed E-state index contributed by atoms with van der Waals surface area (Å²) in [5.41, 5.74) is 1.38. The highest BCUT2D eigenvalue weighted by atomic mass is 16.2. The number of carbonyl (C=O) groups excluding carboxylic acids is 2. The highest BCUT2D eigenvalue weighted by molar-refractivity contribution is 5.95. The summed E-state index contributed by atoms with van der Waals surface area (Å²) in [6, 6.07) is 7.12. The van der Waals surface area contributed by atoms with E-state index in [9.17, 15) is 9.59 Å². The maximum Gasteiger partial charge on any atom is 0.319 e. The molecule has 0 aromatic heterocycles. The van der Waals surface area contributed by atoms with Crippen molar-refractivity contribution in [3.05, 3.63) is 29.8 Å². The normalized spacial score (nSPS) is 16.1. The molecule has 1 aromatic rings. The van der Waals surface area contributed by atoms with Crippen molar-refractivity contribution in [2.45, 2.75) is 65.3 Å². The van der Waals surface area contributed by atoms with E-state index in [4.69, 9.17) is 0 Å². The lowest BCUT2D eigenvalue weighted by Gasteiger charge is -2.20. The highest BCUT2D eigenvalue weighted by Gasteiger charge is 2.17. The third-order valence-corrected chi connectivity index (χ3v) is 4.84. The molecule has 2 N–H and O–H groups in total. The number of nitrogens with one attached hydrogen (secondary N) is 2. The van der Waals surface area contributed by atoms with Crippen LogP contribution >= 0.6 is 0 Å². The second kappa shape index (κ2) is 10.2. The molecule has 0 saturated carbocycles. The Morgan fingerprint density at radius 1 is 0.962 bits per heavy atom. The van der Waals surface area contributed by atoms with Crippen molar-refractivity contribution in [1.82, 2.24) is 10.2 Å². The average Bonchev–Trinajstić information content (AvgIpc) is 2.89. The SMILES string of the molecule is CC(C)CCC(C)NC(=O)Nc1ccc(C(=O)N2CCCCCC2)cc1. The summed E-state index contributed by atoms with van der Waals surface area (Å²) < 4.78 is 0. The molecule has 3 amide bonds. The van der Waals surface area contributed by atoms with Gasteiger partial charge in [-0.1, -0.05) is 26.7 Å². The molecule has 1 unspecified atom stereocenters. The minimum absolute atomic E-state index is 0.0882. The fourth-order valence-electron chi connectivity index (χ4n) is 3.20. The Morgan fingerprint density at radius 3 is 2.15 bits per heavy atom. The Balaban J connectivity index is 1.84. The number of benzene rings is 1. The molecule has 5 heteroatoms. The van der Waals surface area contributed by atoms with Crippen molar-refractivity contribution < 1.29 is 9.59 Å². The lowest BCUT2D eigenvalue weighted by atomic mass is 10.0. The van der Waals surface area contributed by atoms with Crippen LogP contribution in [0.3, 0.4) is 0 Å². The predicted molar refractivity (Wildman–Crippen MR) is 107 cm³/mol. The molecular formula is C21H33N3O2. The van der Waals surface area contributed by atoms with Crippen LogP contribution in [-0.4, -0.2) is 36.0 Å². The molecule has 1 aliphatic rings. The zero-order valence-electron chi connectivity index (χ0n) is 16.4. The molecule has 1 aromatic carbocycles. The molecule has 1 fully saturated rings. The summed E-state index contributed by atoms with van der Waals surface area (Å²) >= 11 is 0. The Morgan fingerprint density at radius 2 is 1.58 bits per heavy atom. The van der Waals surface area contributed by atoms with Crippen LogP contribution in [0.1, 0.15) is 69.7 Å². The number of hydrogen-bond acceptors (Lipinski definition) is 2. The van der Waals surface area contributed by atoms with Gasteiger partial charge in [-0.25, -0.2) is 4.79 Å². The minimum Gasteiger partial charge on any atom is -0.339 e. The van der Waals surface area contributed by atoms with E-state index in [-0.39, 0.29) is 18.0 Å². The van der Waals surface area contributed by atoms with Crippen LogP contribution in [0.25, 0.3) is 0 Å². The smallest absolute Gasteiger partial charge is 0.319 e. The molecule has 1 atom stereocenters. The summed E-state index contributed by atoms with van der Waals surface area (Å²) in [5, 5.41) is 5.80. The van der Waals surface area contributed by atoms with Gasteiger partial charge in [0.25, 0.3) is 5.91 Å². The first-order chi connectivity index (χ1) is 12.5. The van der Waals surface area contributed by atoms with Crippen molar-refractivity contribution in [3.63, 3.8) is 0 Å². The monoisotopic (exact) mass is 359 g/mol. The van der Waals surface area contributed by atoms with Crippen molar-refractivity contribution >= 4 is 17.6 Å². The zero-order chi connectivity index (χ0) is 18.9. The lowest BCUT2D eigenvalue weighted by molar-refractivity contribution is 0.0761. The lowest BCUT2D eigenvalue weighted by Crippen LogP contribution is -2.36. The van der Waals surface area contributed by atoms with Gasteiger partial charge in [0.15, 0.2) is 0 Å². The van der Waals surface area contributed by atoms with Gasteiger partial charge in [-0.3, -0.25) is 4.79 Å². The standard InChI is InChI=1S/C21H33N3O2/c1-16(2)8-9-17(3)22-21(26)23-19-12-10-18(11-13-19)20(25)24-14-6-4-5-7-15-24/h10-13,16-17H,4-9,14-15H2,1-3H3,(H2,22,23,26). The average molecular weight is 360 g/mol. The third-order valence-electron chi connectivity index (χ3n) is 4.84. The zero-order valence-corrected chi connectivity index (χ0v) is 16.4. The maximum atomic E-state index is 12.6. The molecular weight excluding hydrogens is 326 g/mol. The molecule has 2 rings (SSSR count). The summed E-state index contributed by atoms with van der Waals surface area (Å²) in [6.45, 7) is 8.07. The summed E-state index contributed by atoms with van der Waals surface area (Å²) in [4.78, 5) is 26.6. The number of urea groups is 1. The van der Waals surface area contributed by atoms with Crippen molar-refractivity contribution in [3.8, 4) is 0 Å². The molecule has 0 bridgehead atoms. The van der Waals surface area contributed by atoms with Gasteiger partial charge in [0, 0.05) is 30.4 Å². The number of nitrogens with zero attached hydrogens (tertiary/aromatic N) is 1. The van der Waals surface area contributed by atoms with E-state index < -0.39 is 0 Å². The molecule has 26 heavy (non-hydrogen) atoms. The largest absolute Gasteiger partial charge is 0.339 e. The van der Waals surface area contributed by atoms with Gasteiger partial charge in [0.05, 0.1) is 0 Å². The topological polar surface area (TPSA) is 61.4 Å². The highest BCUT2D eigenvalue weighted by Crippen LogP contribution is 2.16. The summed E-state index contributed by atoms with van der Waals surface area (Å²) in [7, 11) is 0. The van der Waals surface area contributed by atoms with Crippen molar-refractivity contribution in [1.29, 1.82) is 0 Å². The Kier molecular flexibility index (Phi) is 7.95. The second-order valence-corrected chi connectivity index (χ2v) is 7.75. The molecule has 1 aliphatic heterocycles. The first-order valence-corrected chi connectivity index (χ1v) is 9.92. The first kappa shape index (κ1) is 20.3. The fourth-order valence-corrected chi connectivity index (χ4v) is 3.20. The van der Waals surface area contributed by atoms with Crippen molar-refractivity contribution in [2.75, 3.05) is 18.4 Å². The Labute approximate surface area is 157 Å². The van der Waals surface area contributed by atoms with E-state index in [1.165, 1.54) is 12.8 Å². The molecule has 1 saturated heterocycles.